The number of halogens is 6. The molecule has 4 aliphatic rings. The van der Waals surface area contributed by atoms with Gasteiger partial charge in [-0.1, -0.05) is 94.5 Å². The van der Waals surface area contributed by atoms with Crippen molar-refractivity contribution < 1.29 is 26.3 Å². The third-order valence-electron chi connectivity index (χ3n) is 13.1. The Bertz CT molecular complexity index is 1210. The molecule has 6 heteroatoms. The number of hydrogen-bond donors (Lipinski definition) is 0. The van der Waals surface area contributed by atoms with Gasteiger partial charge in [0.25, 0.3) is 0 Å². The second-order valence-corrected chi connectivity index (χ2v) is 16.5. The van der Waals surface area contributed by atoms with Crippen LogP contribution in [0.15, 0.2) is 48.5 Å². The summed E-state index contributed by atoms with van der Waals surface area (Å²) >= 11 is 0. The van der Waals surface area contributed by atoms with E-state index in [4.69, 9.17) is 0 Å². The van der Waals surface area contributed by atoms with Crippen molar-refractivity contribution in [1.29, 1.82) is 0 Å². The van der Waals surface area contributed by atoms with Crippen molar-refractivity contribution in [2.24, 2.45) is 35.5 Å². The van der Waals surface area contributed by atoms with Gasteiger partial charge in [0.1, 0.15) is 0 Å². The summed E-state index contributed by atoms with van der Waals surface area (Å²) in [5.41, 5.74) is 3.21. The Balaban J connectivity index is 0.000000191. The zero-order chi connectivity index (χ0) is 35.0. The molecule has 49 heavy (non-hydrogen) atoms. The molecule has 274 valence electrons. The van der Waals surface area contributed by atoms with Gasteiger partial charge in [0.05, 0.1) is 12.8 Å². The van der Waals surface area contributed by atoms with Crippen LogP contribution in [0.5, 0.6) is 0 Å². The van der Waals surface area contributed by atoms with E-state index in [1.54, 1.807) is 24.3 Å². The van der Waals surface area contributed by atoms with E-state index in [0.29, 0.717) is 23.0 Å². The molecule has 0 radical (unpaired) electrons. The Morgan fingerprint density at radius 2 is 0.755 bits per heavy atom. The van der Waals surface area contributed by atoms with Crippen LogP contribution in [-0.2, 0) is 12.8 Å². The Kier molecular flexibility index (Phi) is 13.7. The van der Waals surface area contributed by atoms with Gasteiger partial charge in [-0.2, -0.15) is 26.3 Å². The summed E-state index contributed by atoms with van der Waals surface area (Å²) in [6.07, 6.45) is 12.8. The predicted octanol–water partition coefficient (Wildman–Crippen LogP) is 14.2. The lowest BCUT2D eigenvalue weighted by Crippen LogP contribution is -2.25. The summed E-state index contributed by atoms with van der Waals surface area (Å²) in [6.45, 7) is 4.69. The molecule has 0 unspecified atom stereocenters. The Morgan fingerprint density at radius 1 is 0.449 bits per heavy atom. The van der Waals surface area contributed by atoms with Crippen LogP contribution in [0, 0.1) is 35.5 Å². The molecule has 4 aliphatic carbocycles. The lowest BCUT2D eigenvalue weighted by molar-refractivity contribution is -0.128. The summed E-state index contributed by atoms with van der Waals surface area (Å²) in [6, 6.07) is 14.4. The van der Waals surface area contributed by atoms with Gasteiger partial charge in [0.15, 0.2) is 0 Å². The standard InChI is InChI=1S/C22H31F3.C21H29F3/c1-2-16-3-7-18(8-4-16)20-11-13-21(14-12-20)19-9-5-17(6-10-19)15-22(23,24)25;1-15-2-6-17(7-3-15)19-10-12-20(13-11-19)18-8-4-16(5-9-18)14-21(22,23)24/h5-6,9-10,16,18,20-21H,2-4,7-8,11-15H2,1H3;4-5,8-9,15,17,19-20H,2-3,6-7,10-14H2,1H3. The normalized spacial score (nSPS) is 31.4. The van der Waals surface area contributed by atoms with Crippen LogP contribution in [0.1, 0.15) is 157 Å². The van der Waals surface area contributed by atoms with E-state index in [1.165, 1.54) is 120 Å². The Labute approximate surface area is 292 Å². The van der Waals surface area contributed by atoms with Crippen LogP contribution < -0.4 is 0 Å². The van der Waals surface area contributed by atoms with Crippen LogP contribution in [0.4, 0.5) is 26.3 Å². The van der Waals surface area contributed by atoms with E-state index < -0.39 is 25.2 Å². The van der Waals surface area contributed by atoms with Crippen molar-refractivity contribution in [1.82, 2.24) is 0 Å². The van der Waals surface area contributed by atoms with Crippen molar-refractivity contribution in [3.63, 3.8) is 0 Å². The quantitative estimate of drug-likeness (QED) is 0.254. The smallest absolute Gasteiger partial charge is 0.171 e. The number of benzene rings is 2. The van der Waals surface area contributed by atoms with Gasteiger partial charge in [-0.15, -0.1) is 0 Å². The molecule has 4 fully saturated rings. The third kappa shape index (κ3) is 12.1. The van der Waals surface area contributed by atoms with Gasteiger partial charge in [-0.3, -0.25) is 0 Å². The zero-order valence-corrected chi connectivity index (χ0v) is 29.9. The monoisotopic (exact) mass is 690 g/mol. The first-order valence-electron chi connectivity index (χ1n) is 19.7. The van der Waals surface area contributed by atoms with Crippen molar-refractivity contribution in [2.45, 2.75) is 160 Å². The van der Waals surface area contributed by atoms with Gasteiger partial charge in [-0.05, 0) is 147 Å². The first kappa shape index (κ1) is 38.3. The average molecular weight is 691 g/mol. The first-order chi connectivity index (χ1) is 23.3. The summed E-state index contributed by atoms with van der Waals surface area (Å²) in [5.74, 6) is 6.59. The Hall–Kier alpha value is -1.98. The minimum Gasteiger partial charge on any atom is -0.171 e. The van der Waals surface area contributed by atoms with Crippen LogP contribution in [-0.4, -0.2) is 12.4 Å². The molecular weight excluding hydrogens is 630 g/mol. The van der Waals surface area contributed by atoms with Crippen LogP contribution in [0.3, 0.4) is 0 Å². The third-order valence-corrected chi connectivity index (χ3v) is 13.1. The van der Waals surface area contributed by atoms with Crippen molar-refractivity contribution >= 4 is 0 Å². The van der Waals surface area contributed by atoms with E-state index in [-0.39, 0.29) is 0 Å². The molecular formula is C43H60F6. The highest BCUT2D eigenvalue weighted by atomic mass is 19.4. The molecule has 0 aliphatic heterocycles. The van der Waals surface area contributed by atoms with Crippen LogP contribution in [0.2, 0.25) is 0 Å². The average Bonchev–Trinajstić information content (AvgIpc) is 3.08. The molecule has 0 amide bonds. The highest BCUT2D eigenvalue weighted by molar-refractivity contribution is 5.27. The maximum Gasteiger partial charge on any atom is 0.393 e. The van der Waals surface area contributed by atoms with E-state index in [0.717, 1.165) is 35.5 Å². The largest absolute Gasteiger partial charge is 0.393 e. The molecule has 0 saturated heterocycles. The second kappa shape index (κ2) is 17.5. The van der Waals surface area contributed by atoms with Gasteiger partial charge < -0.3 is 0 Å². The van der Waals surface area contributed by atoms with Gasteiger partial charge in [-0.25, -0.2) is 0 Å². The molecule has 0 N–H and O–H groups in total. The molecule has 0 heterocycles. The minimum atomic E-state index is -4.11. The number of alkyl halides is 6. The van der Waals surface area contributed by atoms with E-state index >= 15 is 0 Å². The molecule has 2 aromatic rings. The van der Waals surface area contributed by atoms with E-state index in [1.807, 2.05) is 24.3 Å². The van der Waals surface area contributed by atoms with Crippen LogP contribution >= 0.6 is 0 Å². The summed E-state index contributed by atoms with van der Waals surface area (Å²) in [7, 11) is 0. The first-order valence-corrected chi connectivity index (χ1v) is 19.7. The van der Waals surface area contributed by atoms with Gasteiger partial charge in [0.2, 0.25) is 0 Å². The molecule has 0 nitrogen and oxygen atoms in total. The molecule has 0 aromatic heterocycles. The van der Waals surface area contributed by atoms with Crippen molar-refractivity contribution in [3.05, 3.63) is 70.8 Å². The molecule has 6 rings (SSSR count). The van der Waals surface area contributed by atoms with E-state index in [9.17, 15) is 26.3 Å². The fraction of sp³-hybridized carbons (Fsp3) is 0.721. The van der Waals surface area contributed by atoms with Crippen molar-refractivity contribution in [2.75, 3.05) is 0 Å². The highest BCUT2D eigenvalue weighted by Crippen LogP contribution is 2.45. The maximum absolute atomic E-state index is 12.5. The number of rotatable bonds is 7. The van der Waals surface area contributed by atoms with Crippen LogP contribution in [0.25, 0.3) is 0 Å². The Morgan fingerprint density at radius 3 is 1.06 bits per heavy atom. The predicted molar refractivity (Wildman–Crippen MR) is 189 cm³/mol. The lowest BCUT2D eigenvalue weighted by atomic mass is 9.68. The van der Waals surface area contributed by atoms with Gasteiger partial charge in [0, 0.05) is 0 Å². The fourth-order valence-electron chi connectivity index (χ4n) is 9.95. The zero-order valence-electron chi connectivity index (χ0n) is 29.9. The summed E-state index contributed by atoms with van der Waals surface area (Å²) in [5, 5.41) is 0. The summed E-state index contributed by atoms with van der Waals surface area (Å²) in [4.78, 5) is 0. The SMILES string of the molecule is CC1CCC(C2CCC(c3ccc(CC(F)(F)F)cc3)CC2)CC1.CCC1CCC(C2CCC(c3ccc(CC(F)(F)F)cc3)CC2)CC1. The van der Waals surface area contributed by atoms with Crippen molar-refractivity contribution in [3.8, 4) is 0 Å². The maximum atomic E-state index is 12.5. The van der Waals surface area contributed by atoms with E-state index in [2.05, 4.69) is 13.8 Å². The molecule has 2 aromatic carbocycles. The number of hydrogen-bond acceptors (Lipinski definition) is 0. The fourth-order valence-corrected chi connectivity index (χ4v) is 9.95. The minimum absolute atomic E-state index is 0.372. The highest BCUT2D eigenvalue weighted by Gasteiger charge is 2.33. The topological polar surface area (TPSA) is 0 Å². The second-order valence-electron chi connectivity index (χ2n) is 16.5. The lowest BCUT2D eigenvalue weighted by Gasteiger charge is -2.38. The molecule has 4 saturated carbocycles. The molecule has 0 bridgehead atoms. The summed E-state index contributed by atoms with van der Waals surface area (Å²) < 4.78 is 74.7. The van der Waals surface area contributed by atoms with Gasteiger partial charge >= 0.3 is 12.4 Å². The molecule has 0 spiro atoms. The molecule has 0 atom stereocenters.